The maximum atomic E-state index is 5.61. The molecule has 1 aromatic heterocycles. The van der Waals surface area contributed by atoms with Crippen LogP contribution in [0.5, 0.6) is 0 Å². The van der Waals surface area contributed by atoms with Gasteiger partial charge in [-0.1, -0.05) is 19.8 Å². The normalized spacial score (nSPS) is 26.6. The van der Waals surface area contributed by atoms with E-state index in [1.54, 1.807) is 0 Å². The van der Waals surface area contributed by atoms with Crippen LogP contribution in [0.15, 0.2) is 5.03 Å². The number of rotatable bonds is 4. The molecule has 2 aliphatic rings. The van der Waals surface area contributed by atoms with Crippen molar-refractivity contribution in [2.75, 3.05) is 5.43 Å². The van der Waals surface area contributed by atoms with Crippen molar-refractivity contribution in [2.45, 2.75) is 68.6 Å². The third-order valence-electron chi connectivity index (χ3n) is 4.36. The molecule has 0 spiro atoms. The van der Waals surface area contributed by atoms with Gasteiger partial charge in [0.2, 0.25) is 0 Å². The number of thioether (sulfide) groups is 1. The van der Waals surface area contributed by atoms with E-state index >= 15 is 0 Å². The molecule has 110 valence electrons. The van der Waals surface area contributed by atoms with Gasteiger partial charge >= 0.3 is 0 Å². The summed E-state index contributed by atoms with van der Waals surface area (Å²) < 4.78 is 0. The highest BCUT2D eigenvalue weighted by molar-refractivity contribution is 7.99. The zero-order valence-corrected chi connectivity index (χ0v) is 13.2. The van der Waals surface area contributed by atoms with Crippen molar-refractivity contribution in [3.05, 3.63) is 11.4 Å². The Morgan fingerprint density at radius 3 is 2.65 bits per heavy atom. The summed E-state index contributed by atoms with van der Waals surface area (Å²) in [4.78, 5) is 9.38. The van der Waals surface area contributed by atoms with Crippen LogP contribution in [0, 0.1) is 12.8 Å². The molecule has 2 aliphatic carbocycles. The summed E-state index contributed by atoms with van der Waals surface area (Å²) in [5.74, 6) is 8.80. The van der Waals surface area contributed by atoms with Crippen LogP contribution in [-0.4, -0.2) is 15.2 Å². The lowest BCUT2D eigenvalue weighted by atomic mass is 9.91. The van der Waals surface area contributed by atoms with E-state index in [-0.39, 0.29) is 0 Å². The van der Waals surface area contributed by atoms with Gasteiger partial charge in [0.15, 0.2) is 0 Å². The molecular formula is C15H24N4S. The first-order valence-electron chi connectivity index (χ1n) is 7.69. The lowest BCUT2D eigenvalue weighted by Crippen LogP contribution is -2.17. The minimum absolute atomic E-state index is 0.562. The van der Waals surface area contributed by atoms with E-state index < -0.39 is 0 Å². The van der Waals surface area contributed by atoms with Gasteiger partial charge in [-0.25, -0.2) is 15.8 Å². The molecule has 0 amide bonds. The summed E-state index contributed by atoms with van der Waals surface area (Å²) in [7, 11) is 0. The van der Waals surface area contributed by atoms with Crippen LogP contribution >= 0.6 is 11.8 Å². The number of nitrogen functional groups attached to an aromatic ring is 1. The van der Waals surface area contributed by atoms with Crippen molar-refractivity contribution < 1.29 is 0 Å². The Kier molecular flexibility index (Phi) is 4.17. The van der Waals surface area contributed by atoms with Gasteiger partial charge in [-0.05, 0) is 38.5 Å². The average molecular weight is 292 g/mol. The number of nitrogens with two attached hydrogens (primary N) is 1. The molecule has 0 radical (unpaired) electrons. The molecule has 2 fully saturated rings. The largest absolute Gasteiger partial charge is 0.308 e. The van der Waals surface area contributed by atoms with Crippen molar-refractivity contribution in [3.8, 4) is 0 Å². The van der Waals surface area contributed by atoms with E-state index in [1.807, 2.05) is 11.8 Å². The van der Waals surface area contributed by atoms with E-state index in [0.29, 0.717) is 11.2 Å². The summed E-state index contributed by atoms with van der Waals surface area (Å²) in [6.07, 6.45) is 7.78. The van der Waals surface area contributed by atoms with Crippen LogP contribution in [0.3, 0.4) is 0 Å². The second-order valence-corrected chi connectivity index (χ2v) is 7.58. The molecule has 3 N–H and O–H groups in total. The molecule has 20 heavy (non-hydrogen) atoms. The summed E-state index contributed by atoms with van der Waals surface area (Å²) in [6, 6.07) is 0. The number of nitrogens with zero attached hydrogens (tertiary/aromatic N) is 2. The van der Waals surface area contributed by atoms with Crippen molar-refractivity contribution in [1.29, 1.82) is 0 Å². The molecule has 4 nitrogen and oxygen atoms in total. The van der Waals surface area contributed by atoms with Gasteiger partial charge in [0.25, 0.3) is 0 Å². The van der Waals surface area contributed by atoms with Crippen LogP contribution in [0.1, 0.15) is 62.8 Å². The predicted octanol–water partition coefficient (Wildman–Crippen LogP) is 3.62. The number of hydrogen-bond acceptors (Lipinski definition) is 5. The fourth-order valence-electron chi connectivity index (χ4n) is 2.94. The maximum Gasteiger partial charge on any atom is 0.147 e. The molecular weight excluding hydrogens is 268 g/mol. The molecule has 0 aliphatic heterocycles. The van der Waals surface area contributed by atoms with Crippen molar-refractivity contribution in [3.63, 3.8) is 0 Å². The van der Waals surface area contributed by atoms with Crippen LogP contribution in [-0.2, 0) is 0 Å². The minimum Gasteiger partial charge on any atom is -0.308 e. The fraction of sp³-hybridized carbons (Fsp3) is 0.733. The molecule has 2 saturated carbocycles. The molecule has 0 bridgehead atoms. The second-order valence-electron chi connectivity index (χ2n) is 6.29. The molecule has 2 unspecified atom stereocenters. The number of hydrazine groups is 1. The third-order valence-corrected chi connectivity index (χ3v) is 5.75. The molecule has 0 aromatic carbocycles. The van der Waals surface area contributed by atoms with Crippen molar-refractivity contribution in [2.24, 2.45) is 11.8 Å². The third kappa shape index (κ3) is 3.09. The number of nitrogens with one attached hydrogen (secondary N) is 1. The summed E-state index contributed by atoms with van der Waals surface area (Å²) >= 11 is 1.94. The van der Waals surface area contributed by atoms with Gasteiger partial charge in [-0.15, -0.1) is 11.8 Å². The number of anilines is 1. The highest BCUT2D eigenvalue weighted by Crippen LogP contribution is 2.42. The quantitative estimate of drug-likeness (QED) is 0.504. The fourth-order valence-corrected chi connectivity index (χ4v) is 4.38. The topological polar surface area (TPSA) is 63.8 Å². The average Bonchev–Trinajstić information content (AvgIpc) is 3.25. The van der Waals surface area contributed by atoms with Gasteiger partial charge in [0.1, 0.15) is 16.7 Å². The molecule has 2 atom stereocenters. The van der Waals surface area contributed by atoms with Gasteiger partial charge in [-0.3, -0.25) is 0 Å². The van der Waals surface area contributed by atoms with Gasteiger partial charge < -0.3 is 5.43 Å². The Morgan fingerprint density at radius 1 is 1.20 bits per heavy atom. The smallest absolute Gasteiger partial charge is 0.147 e. The molecule has 1 aromatic rings. The Hall–Kier alpha value is -0.810. The SMILES string of the molecule is Cc1c(NN)nc(C2CC2)nc1SC1CCCC(C)C1. The van der Waals surface area contributed by atoms with E-state index in [9.17, 15) is 0 Å². The lowest BCUT2D eigenvalue weighted by molar-refractivity contribution is 0.394. The monoisotopic (exact) mass is 292 g/mol. The first kappa shape index (κ1) is 14.1. The highest BCUT2D eigenvalue weighted by atomic mass is 32.2. The van der Waals surface area contributed by atoms with Crippen LogP contribution < -0.4 is 11.3 Å². The number of aromatic nitrogens is 2. The van der Waals surface area contributed by atoms with Crippen LogP contribution in [0.2, 0.25) is 0 Å². The molecule has 5 heteroatoms. The highest BCUT2D eigenvalue weighted by Gasteiger charge is 2.29. The Balaban J connectivity index is 1.81. The van der Waals surface area contributed by atoms with Gasteiger partial charge in [-0.2, -0.15) is 0 Å². The van der Waals surface area contributed by atoms with E-state index in [0.717, 1.165) is 28.1 Å². The molecule has 3 rings (SSSR count). The van der Waals surface area contributed by atoms with Gasteiger partial charge in [0, 0.05) is 16.7 Å². The van der Waals surface area contributed by atoms with E-state index in [2.05, 4.69) is 24.3 Å². The summed E-state index contributed by atoms with van der Waals surface area (Å²) in [6.45, 7) is 4.43. The van der Waals surface area contributed by atoms with Crippen molar-refractivity contribution >= 4 is 17.6 Å². The zero-order chi connectivity index (χ0) is 14.1. The summed E-state index contributed by atoms with van der Waals surface area (Å²) in [5.41, 5.74) is 3.84. The Bertz CT molecular complexity index is 487. The number of hydrogen-bond donors (Lipinski definition) is 2. The summed E-state index contributed by atoms with van der Waals surface area (Å²) in [5, 5.41) is 1.83. The van der Waals surface area contributed by atoms with Crippen molar-refractivity contribution in [1.82, 2.24) is 9.97 Å². The van der Waals surface area contributed by atoms with Gasteiger partial charge in [0.05, 0.1) is 0 Å². The van der Waals surface area contributed by atoms with Crippen LogP contribution in [0.25, 0.3) is 0 Å². The Labute approximate surface area is 125 Å². The van der Waals surface area contributed by atoms with Crippen LogP contribution in [0.4, 0.5) is 5.82 Å². The second kappa shape index (κ2) is 5.90. The molecule has 0 saturated heterocycles. The minimum atomic E-state index is 0.562. The Morgan fingerprint density at radius 2 is 2.00 bits per heavy atom. The maximum absolute atomic E-state index is 5.61. The van der Waals surface area contributed by atoms with E-state index in [1.165, 1.54) is 38.5 Å². The standard InChI is InChI=1S/C15H24N4S/c1-9-4-3-5-12(8-9)20-15-10(2)13(19-16)17-14(18-15)11-6-7-11/h9,11-12H,3-8,16H2,1-2H3,(H,17,18,19). The lowest BCUT2D eigenvalue weighted by Gasteiger charge is -2.26. The zero-order valence-electron chi connectivity index (χ0n) is 12.4. The first-order chi connectivity index (χ1) is 9.67. The van der Waals surface area contributed by atoms with E-state index in [4.69, 9.17) is 10.8 Å². The predicted molar refractivity (Wildman–Crippen MR) is 83.8 cm³/mol. The molecule has 1 heterocycles. The first-order valence-corrected chi connectivity index (χ1v) is 8.57.